The molecule has 0 aliphatic rings. The van der Waals surface area contributed by atoms with Gasteiger partial charge in [0.05, 0.1) is 11.1 Å². The van der Waals surface area contributed by atoms with Crippen LogP contribution in [0.15, 0.2) is 42.5 Å². The zero-order chi connectivity index (χ0) is 14.5. The van der Waals surface area contributed by atoms with Crippen molar-refractivity contribution in [3.8, 4) is 0 Å². The van der Waals surface area contributed by atoms with E-state index in [-0.39, 0.29) is 5.02 Å². The molecule has 1 unspecified atom stereocenters. The molecule has 3 heteroatoms. The number of rotatable bonds is 5. The van der Waals surface area contributed by atoms with E-state index in [9.17, 15) is 9.50 Å². The van der Waals surface area contributed by atoms with Gasteiger partial charge in [-0.1, -0.05) is 41.9 Å². The molecule has 1 N–H and O–H groups in total. The Morgan fingerprint density at radius 1 is 1.20 bits per heavy atom. The summed E-state index contributed by atoms with van der Waals surface area (Å²) in [5, 5.41) is 10.2. The summed E-state index contributed by atoms with van der Waals surface area (Å²) in [4.78, 5) is 0. The molecule has 0 saturated carbocycles. The van der Waals surface area contributed by atoms with E-state index in [0.29, 0.717) is 12.8 Å². The van der Waals surface area contributed by atoms with Crippen molar-refractivity contribution in [3.05, 3.63) is 70.0 Å². The third-order valence-corrected chi connectivity index (χ3v) is 3.77. The lowest BCUT2D eigenvalue weighted by Gasteiger charge is -2.12. The summed E-state index contributed by atoms with van der Waals surface area (Å²) in [6.07, 6.45) is 1.45. The van der Waals surface area contributed by atoms with Crippen LogP contribution in [-0.4, -0.2) is 11.2 Å². The number of hydrogen-bond acceptors (Lipinski definition) is 1. The normalized spacial score (nSPS) is 12.4. The van der Waals surface area contributed by atoms with E-state index in [2.05, 4.69) is 19.1 Å². The molecule has 2 aromatic rings. The van der Waals surface area contributed by atoms with E-state index in [4.69, 9.17) is 11.6 Å². The summed E-state index contributed by atoms with van der Waals surface area (Å²) in [7, 11) is 0. The largest absolute Gasteiger partial charge is 0.393 e. The fourth-order valence-electron chi connectivity index (χ4n) is 2.25. The molecule has 0 aliphatic carbocycles. The number of aliphatic hydroxyl groups is 1. The lowest BCUT2D eigenvalue weighted by Crippen LogP contribution is -2.12. The first kappa shape index (κ1) is 15.0. The van der Waals surface area contributed by atoms with Crippen LogP contribution >= 0.6 is 11.6 Å². The van der Waals surface area contributed by atoms with Gasteiger partial charge >= 0.3 is 0 Å². The van der Waals surface area contributed by atoms with Crippen molar-refractivity contribution < 1.29 is 9.50 Å². The SMILES string of the molecule is Cc1ccccc1CCC(O)Cc1ccc(Cl)c(F)c1. The highest BCUT2D eigenvalue weighted by molar-refractivity contribution is 6.30. The van der Waals surface area contributed by atoms with E-state index in [0.717, 1.165) is 12.0 Å². The summed E-state index contributed by atoms with van der Waals surface area (Å²) in [6, 6.07) is 12.8. The Kier molecular flexibility index (Phi) is 5.16. The average Bonchev–Trinajstić information content (AvgIpc) is 2.42. The fourth-order valence-corrected chi connectivity index (χ4v) is 2.37. The molecule has 0 aliphatic heterocycles. The van der Waals surface area contributed by atoms with Gasteiger partial charge in [0.2, 0.25) is 0 Å². The molecule has 0 aromatic heterocycles. The van der Waals surface area contributed by atoms with Crippen molar-refractivity contribution in [2.24, 2.45) is 0 Å². The Labute approximate surface area is 124 Å². The molecule has 0 amide bonds. The maximum absolute atomic E-state index is 13.3. The molecule has 0 heterocycles. The lowest BCUT2D eigenvalue weighted by molar-refractivity contribution is 0.165. The molecule has 0 fully saturated rings. The number of aryl methyl sites for hydroxylation is 2. The van der Waals surface area contributed by atoms with Crippen LogP contribution in [0.25, 0.3) is 0 Å². The second-order valence-electron chi connectivity index (χ2n) is 5.07. The summed E-state index contributed by atoms with van der Waals surface area (Å²) >= 11 is 5.64. The summed E-state index contributed by atoms with van der Waals surface area (Å²) < 4.78 is 13.3. The highest BCUT2D eigenvalue weighted by Crippen LogP contribution is 2.18. The van der Waals surface area contributed by atoms with Crippen molar-refractivity contribution in [2.75, 3.05) is 0 Å². The molecule has 1 nitrogen and oxygen atoms in total. The molecule has 0 spiro atoms. The molecular weight excluding hydrogens is 275 g/mol. The van der Waals surface area contributed by atoms with Crippen LogP contribution < -0.4 is 0 Å². The second kappa shape index (κ2) is 6.87. The first-order chi connectivity index (χ1) is 9.56. The Morgan fingerprint density at radius 2 is 1.95 bits per heavy atom. The standard InChI is InChI=1S/C17H18ClFO/c1-12-4-2-3-5-14(12)7-8-15(20)10-13-6-9-16(18)17(19)11-13/h2-6,9,11,15,20H,7-8,10H2,1H3. The predicted octanol–water partition coefficient (Wildman–Crippen LogP) is 4.32. The maximum Gasteiger partial charge on any atom is 0.142 e. The second-order valence-corrected chi connectivity index (χ2v) is 5.48. The Bertz CT molecular complexity index is 583. The zero-order valence-corrected chi connectivity index (χ0v) is 12.2. The van der Waals surface area contributed by atoms with Gasteiger partial charge in [-0.3, -0.25) is 0 Å². The maximum atomic E-state index is 13.3. The van der Waals surface area contributed by atoms with E-state index < -0.39 is 11.9 Å². The molecule has 0 saturated heterocycles. The van der Waals surface area contributed by atoms with Crippen LogP contribution in [0.5, 0.6) is 0 Å². The van der Waals surface area contributed by atoms with Gasteiger partial charge < -0.3 is 5.11 Å². The molecule has 0 bridgehead atoms. The Balaban J connectivity index is 1.91. The van der Waals surface area contributed by atoms with E-state index in [1.54, 1.807) is 6.07 Å². The highest BCUT2D eigenvalue weighted by Gasteiger charge is 2.09. The molecular formula is C17H18ClFO. The van der Waals surface area contributed by atoms with Crippen LogP contribution in [0.2, 0.25) is 5.02 Å². The molecule has 20 heavy (non-hydrogen) atoms. The van der Waals surface area contributed by atoms with Crippen LogP contribution in [-0.2, 0) is 12.8 Å². The van der Waals surface area contributed by atoms with Gasteiger partial charge in [-0.2, -0.15) is 0 Å². The van der Waals surface area contributed by atoms with Crippen molar-refractivity contribution in [1.82, 2.24) is 0 Å². The van der Waals surface area contributed by atoms with Crippen molar-refractivity contribution in [1.29, 1.82) is 0 Å². The van der Waals surface area contributed by atoms with Crippen molar-refractivity contribution in [2.45, 2.75) is 32.3 Å². The Morgan fingerprint density at radius 3 is 2.65 bits per heavy atom. The minimum atomic E-state index is -0.477. The van der Waals surface area contributed by atoms with Crippen molar-refractivity contribution in [3.63, 3.8) is 0 Å². The van der Waals surface area contributed by atoms with Gasteiger partial charge in [-0.05, 0) is 55.0 Å². The molecule has 0 radical (unpaired) electrons. The van der Waals surface area contributed by atoms with E-state index >= 15 is 0 Å². The highest BCUT2D eigenvalue weighted by atomic mass is 35.5. The number of benzene rings is 2. The monoisotopic (exact) mass is 292 g/mol. The topological polar surface area (TPSA) is 20.2 Å². The van der Waals surface area contributed by atoms with Crippen LogP contribution in [0, 0.1) is 12.7 Å². The molecule has 2 aromatic carbocycles. The van der Waals surface area contributed by atoms with Gasteiger partial charge in [0.1, 0.15) is 5.82 Å². The van der Waals surface area contributed by atoms with Gasteiger partial charge in [0, 0.05) is 0 Å². The quantitative estimate of drug-likeness (QED) is 0.870. The fraction of sp³-hybridized carbons (Fsp3) is 0.294. The smallest absolute Gasteiger partial charge is 0.142 e. The van der Waals surface area contributed by atoms with Crippen molar-refractivity contribution >= 4 is 11.6 Å². The first-order valence-corrected chi connectivity index (χ1v) is 7.10. The third-order valence-electron chi connectivity index (χ3n) is 3.46. The molecule has 2 rings (SSSR count). The van der Waals surface area contributed by atoms with Crippen LogP contribution in [0.3, 0.4) is 0 Å². The lowest BCUT2D eigenvalue weighted by atomic mass is 9.99. The Hall–Kier alpha value is -1.38. The third kappa shape index (κ3) is 4.06. The van der Waals surface area contributed by atoms with E-state index in [1.165, 1.54) is 23.3 Å². The molecule has 106 valence electrons. The van der Waals surface area contributed by atoms with Crippen LogP contribution in [0.1, 0.15) is 23.1 Å². The van der Waals surface area contributed by atoms with E-state index in [1.807, 2.05) is 12.1 Å². The minimum Gasteiger partial charge on any atom is -0.393 e. The summed E-state index contributed by atoms with van der Waals surface area (Å²) in [5.41, 5.74) is 3.25. The first-order valence-electron chi connectivity index (χ1n) is 6.73. The minimum absolute atomic E-state index is 0.114. The number of halogens is 2. The van der Waals surface area contributed by atoms with Gasteiger partial charge in [-0.25, -0.2) is 4.39 Å². The predicted molar refractivity (Wildman–Crippen MR) is 80.6 cm³/mol. The number of hydrogen-bond donors (Lipinski definition) is 1. The summed E-state index contributed by atoms with van der Waals surface area (Å²) in [6.45, 7) is 2.07. The van der Waals surface area contributed by atoms with Gasteiger partial charge in [0.25, 0.3) is 0 Å². The zero-order valence-electron chi connectivity index (χ0n) is 11.4. The van der Waals surface area contributed by atoms with Gasteiger partial charge in [-0.15, -0.1) is 0 Å². The van der Waals surface area contributed by atoms with Gasteiger partial charge in [0.15, 0.2) is 0 Å². The molecule has 1 atom stereocenters. The van der Waals surface area contributed by atoms with Crippen LogP contribution in [0.4, 0.5) is 4.39 Å². The number of aliphatic hydroxyl groups excluding tert-OH is 1. The summed E-state index contributed by atoms with van der Waals surface area (Å²) in [5.74, 6) is -0.435. The average molecular weight is 293 g/mol.